The molecule has 0 spiro atoms. The summed E-state index contributed by atoms with van der Waals surface area (Å²) in [4.78, 5) is 16.2. The highest BCUT2D eigenvalue weighted by Crippen LogP contribution is 2.33. The van der Waals surface area contributed by atoms with Gasteiger partial charge in [0, 0.05) is 5.38 Å². The highest BCUT2D eigenvalue weighted by Gasteiger charge is 2.30. The van der Waals surface area contributed by atoms with Gasteiger partial charge in [-0.2, -0.15) is 13.2 Å². The summed E-state index contributed by atoms with van der Waals surface area (Å²) < 4.78 is 41.7. The summed E-state index contributed by atoms with van der Waals surface area (Å²) in [5, 5.41) is 8.18. The first kappa shape index (κ1) is 15.7. The Labute approximate surface area is 136 Å². The lowest BCUT2D eigenvalue weighted by Gasteiger charge is -2.06. The number of aliphatic imine (C=N–C) groups is 1. The van der Waals surface area contributed by atoms with Crippen molar-refractivity contribution in [1.82, 2.24) is 14.9 Å². The molecule has 118 valence electrons. The molecule has 0 aliphatic carbocycles. The zero-order valence-corrected chi connectivity index (χ0v) is 12.8. The highest BCUT2D eigenvalue weighted by molar-refractivity contribution is 8.18. The number of hydrogen-bond acceptors (Lipinski definition) is 6. The second-order valence-corrected chi connectivity index (χ2v) is 6.00. The molecule has 23 heavy (non-hydrogen) atoms. The van der Waals surface area contributed by atoms with Gasteiger partial charge in [-0.3, -0.25) is 4.79 Å². The third-order valence-corrected chi connectivity index (χ3v) is 4.14. The molecule has 1 saturated heterocycles. The van der Waals surface area contributed by atoms with Crippen molar-refractivity contribution in [3.63, 3.8) is 0 Å². The Balaban J connectivity index is 1.83. The first-order valence-corrected chi connectivity index (χ1v) is 7.81. The van der Waals surface area contributed by atoms with Crippen molar-refractivity contribution in [1.29, 1.82) is 0 Å². The first-order chi connectivity index (χ1) is 10.9. The number of hydrogen-bond donors (Lipinski definition) is 1. The fourth-order valence-electron chi connectivity index (χ4n) is 1.72. The fraction of sp³-hybridized carbons (Fsp3) is 0.0769. The van der Waals surface area contributed by atoms with E-state index in [0.29, 0.717) is 10.6 Å². The van der Waals surface area contributed by atoms with Gasteiger partial charge in [-0.25, -0.2) is 4.99 Å². The van der Waals surface area contributed by atoms with Crippen LogP contribution in [0.2, 0.25) is 0 Å². The van der Waals surface area contributed by atoms with Crippen LogP contribution in [0.15, 0.2) is 39.5 Å². The van der Waals surface area contributed by atoms with E-state index in [1.165, 1.54) is 18.2 Å². The minimum atomic E-state index is -4.44. The molecule has 2 heterocycles. The Morgan fingerprint density at radius 1 is 1.30 bits per heavy atom. The van der Waals surface area contributed by atoms with Gasteiger partial charge in [-0.1, -0.05) is 10.6 Å². The van der Waals surface area contributed by atoms with E-state index in [9.17, 15) is 18.0 Å². The third kappa shape index (κ3) is 3.77. The van der Waals surface area contributed by atoms with Crippen LogP contribution >= 0.6 is 23.3 Å². The van der Waals surface area contributed by atoms with Crippen LogP contribution in [0.1, 0.15) is 11.3 Å². The molecule has 10 heteroatoms. The van der Waals surface area contributed by atoms with Gasteiger partial charge >= 0.3 is 6.18 Å². The van der Waals surface area contributed by atoms with E-state index in [-0.39, 0.29) is 16.8 Å². The quantitative estimate of drug-likeness (QED) is 0.837. The fourth-order valence-corrected chi connectivity index (χ4v) is 2.96. The van der Waals surface area contributed by atoms with Crippen LogP contribution in [0.5, 0.6) is 0 Å². The standard InChI is InChI=1S/C13H7F3N4OS2/c14-13(15,16)7-2-1-3-8(4-7)17-12-18-11(21)10(23-12)5-9-6-22-20-19-9/h1-6H,(H,17,18,21)/b10-5-. The first-order valence-electron chi connectivity index (χ1n) is 6.16. The molecule has 2 aromatic rings. The molecule has 1 fully saturated rings. The van der Waals surface area contributed by atoms with Gasteiger partial charge < -0.3 is 5.32 Å². The maximum Gasteiger partial charge on any atom is 0.416 e. The van der Waals surface area contributed by atoms with Crippen molar-refractivity contribution >= 4 is 46.1 Å². The number of halogens is 3. The molecule has 1 amide bonds. The van der Waals surface area contributed by atoms with Gasteiger partial charge in [0.1, 0.15) is 0 Å². The summed E-state index contributed by atoms with van der Waals surface area (Å²) in [6.07, 6.45) is -2.90. The molecule has 0 saturated carbocycles. The highest BCUT2D eigenvalue weighted by atomic mass is 32.2. The average molecular weight is 356 g/mol. The normalized spacial score (nSPS) is 18.7. The minimum absolute atomic E-state index is 0.110. The van der Waals surface area contributed by atoms with Crippen LogP contribution in [0.4, 0.5) is 18.9 Å². The maximum absolute atomic E-state index is 12.7. The van der Waals surface area contributed by atoms with Crippen LogP contribution in [0.3, 0.4) is 0 Å². The number of nitrogens with one attached hydrogen (secondary N) is 1. The van der Waals surface area contributed by atoms with Gasteiger partial charge in [0.25, 0.3) is 5.91 Å². The molecule has 5 nitrogen and oxygen atoms in total. The molecule has 1 aromatic carbocycles. The van der Waals surface area contributed by atoms with Crippen molar-refractivity contribution in [3.8, 4) is 0 Å². The van der Waals surface area contributed by atoms with Crippen LogP contribution in [-0.4, -0.2) is 20.7 Å². The van der Waals surface area contributed by atoms with Gasteiger partial charge in [0.15, 0.2) is 5.17 Å². The van der Waals surface area contributed by atoms with Crippen LogP contribution < -0.4 is 5.32 Å². The topological polar surface area (TPSA) is 67.2 Å². The molecule has 1 N–H and O–H groups in total. The summed E-state index contributed by atoms with van der Waals surface area (Å²) in [7, 11) is 0. The van der Waals surface area contributed by atoms with Crippen molar-refractivity contribution < 1.29 is 18.0 Å². The number of carbonyl (C=O) groups is 1. The van der Waals surface area contributed by atoms with E-state index in [4.69, 9.17) is 0 Å². The summed E-state index contributed by atoms with van der Waals surface area (Å²) in [6, 6.07) is 4.58. The molecule has 1 aliphatic heterocycles. The number of aromatic nitrogens is 2. The minimum Gasteiger partial charge on any atom is -0.300 e. The van der Waals surface area contributed by atoms with Gasteiger partial charge in [-0.05, 0) is 47.6 Å². The zero-order chi connectivity index (χ0) is 16.4. The van der Waals surface area contributed by atoms with Crippen molar-refractivity contribution in [2.75, 3.05) is 0 Å². The van der Waals surface area contributed by atoms with Gasteiger partial charge in [0.05, 0.1) is 21.8 Å². The van der Waals surface area contributed by atoms with E-state index in [0.717, 1.165) is 35.4 Å². The van der Waals surface area contributed by atoms with Gasteiger partial charge in [0.2, 0.25) is 0 Å². The molecule has 0 radical (unpaired) electrons. The van der Waals surface area contributed by atoms with Crippen molar-refractivity contribution in [3.05, 3.63) is 45.8 Å². The van der Waals surface area contributed by atoms with E-state index >= 15 is 0 Å². The van der Waals surface area contributed by atoms with Crippen molar-refractivity contribution in [2.24, 2.45) is 4.99 Å². The molecule has 0 atom stereocenters. The number of nitrogens with zero attached hydrogens (tertiary/aromatic N) is 3. The molecule has 3 rings (SSSR count). The number of carbonyl (C=O) groups excluding carboxylic acids is 1. The number of alkyl halides is 3. The molecule has 1 aliphatic rings. The molecular formula is C13H7F3N4OS2. The van der Waals surface area contributed by atoms with Crippen LogP contribution in [-0.2, 0) is 11.0 Å². The molecule has 0 bridgehead atoms. The molecule has 1 aromatic heterocycles. The Hall–Kier alpha value is -2.20. The van der Waals surface area contributed by atoms with Crippen LogP contribution in [0, 0.1) is 0 Å². The number of amidine groups is 1. The summed E-state index contributed by atoms with van der Waals surface area (Å²) >= 11 is 2.18. The second kappa shape index (κ2) is 6.13. The summed E-state index contributed by atoms with van der Waals surface area (Å²) in [5.41, 5.74) is -0.148. The summed E-state index contributed by atoms with van der Waals surface area (Å²) in [5.74, 6) is -0.381. The second-order valence-electron chi connectivity index (χ2n) is 4.36. The third-order valence-electron chi connectivity index (χ3n) is 2.71. The number of thioether (sulfide) groups is 1. The predicted molar refractivity (Wildman–Crippen MR) is 82.2 cm³/mol. The average Bonchev–Trinajstić information content (AvgIpc) is 3.10. The Morgan fingerprint density at radius 3 is 2.83 bits per heavy atom. The molecular weight excluding hydrogens is 349 g/mol. The lowest BCUT2D eigenvalue weighted by atomic mass is 10.2. The zero-order valence-electron chi connectivity index (χ0n) is 11.2. The number of rotatable bonds is 2. The SMILES string of the molecule is O=C1NC(=Nc2cccc(C(F)(F)F)c2)S/C1=C\c1csnn1. The Bertz CT molecular complexity index is 800. The van der Waals surface area contributed by atoms with E-state index in [2.05, 4.69) is 19.9 Å². The lowest BCUT2D eigenvalue weighted by molar-refractivity contribution is -0.137. The smallest absolute Gasteiger partial charge is 0.300 e. The van der Waals surface area contributed by atoms with E-state index in [1.807, 2.05) is 0 Å². The monoisotopic (exact) mass is 356 g/mol. The summed E-state index contributed by atoms with van der Waals surface area (Å²) in [6.45, 7) is 0. The lowest BCUT2D eigenvalue weighted by Crippen LogP contribution is -2.19. The number of amides is 1. The Kier molecular flexibility index (Phi) is 4.18. The Morgan fingerprint density at radius 2 is 2.13 bits per heavy atom. The van der Waals surface area contributed by atoms with Crippen LogP contribution in [0.25, 0.3) is 6.08 Å². The van der Waals surface area contributed by atoms with E-state index in [1.54, 1.807) is 5.38 Å². The van der Waals surface area contributed by atoms with E-state index < -0.39 is 11.7 Å². The van der Waals surface area contributed by atoms with Crippen molar-refractivity contribution in [2.45, 2.75) is 6.18 Å². The van der Waals surface area contributed by atoms with Gasteiger partial charge in [-0.15, -0.1) is 5.10 Å². The molecule has 0 unspecified atom stereocenters. The number of benzene rings is 1. The predicted octanol–water partition coefficient (Wildman–Crippen LogP) is 3.45. The maximum atomic E-state index is 12.7. The largest absolute Gasteiger partial charge is 0.416 e.